The summed E-state index contributed by atoms with van der Waals surface area (Å²) in [6.45, 7) is 14.9. The van der Waals surface area contributed by atoms with Crippen molar-refractivity contribution in [1.29, 1.82) is 0 Å². The van der Waals surface area contributed by atoms with Crippen molar-refractivity contribution in [3.63, 3.8) is 0 Å². The summed E-state index contributed by atoms with van der Waals surface area (Å²) in [4.78, 5) is 0. The SMILES string of the molecule is CC(C(O)C(C)(C)C)C(C)(C)C. The van der Waals surface area contributed by atoms with Crippen molar-refractivity contribution in [2.45, 2.75) is 54.6 Å². The molecule has 1 nitrogen and oxygen atoms in total. The molecule has 0 saturated carbocycles. The van der Waals surface area contributed by atoms with E-state index in [9.17, 15) is 5.11 Å². The van der Waals surface area contributed by atoms with Gasteiger partial charge in [-0.1, -0.05) is 48.5 Å². The molecule has 12 heavy (non-hydrogen) atoms. The molecule has 0 fully saturated rings. The Kier molecular flexibility index (Phi) is 3.36. The number of aliphatic hydroxyl groups is 1. The van der Waals surface area contributed by atoms with Gasteiger partial charge in [0.1, 0.15) is 0 Å². The number of hydrogen-bond acceptors (Lipinski definition) is 1. The van der Waals surface area contributed by atoms with Crippen LogP contribution in [0.4, 0.5) is 0 Å². The Morgan fingerprint density at radius 1 is 0.833 bits per heavy atom. The number of hydrogen-bond donors (Lipinski definition) is 1. The molecule has 0 aliphatic rings. The van der Waals surface area contributed by atoms with Crippen molar-refractivity contribution in [3.05, 3.63) is 0 Å². The number of rotatable bonds is 1. The van der Waals surface area contributed by atoms with Crippen molar-refractivity contribution in [3.8, 4) is 0 Å². The summed E-state index contributed by atoms with van der Waals surface area (Å²) in [5.41, 5.74) is 0.180. The molecule has 2 atom stereocenters. The van der Waals surface area contributed by atoms with Gasteiger partial charge in [-0.3, -0.25) is 0 Å². The van der Waals surface area contributed by atoms with E-state index in [2.05, 4.69) is 48.5 Å². The first kappa shape index (κ1) is 12.0. The number of aliphatic hydroxyl groups excluding tert-OH is 1. The summed E-state index contributed by atoms with van der Waals surface area (Å²) < 4.78 is 0. The van der Waals surface area contributed by atoms with Crippen molar-refractivity contribution in [2.75, 3.05) is 0 Å². The maximum Gasteiger partial charge on any atom is 0.0618 e. The molecule has 0 radical (unpaired) electrons. The quantitative estimate of drug-likeness (QED) is 0.644. The van der Waals surface area contributed by atoms with E-state index in [4.69, 9.17) is 0 Å². The van der Waals surface area contributed by atoms with Gasteiger partial charge in [-0.2, -0.15) is 0 Å². The molecular weight excluding hydrogens is 148 g/mol. The minimum absolute atomic E-state index is 0.00725. The van der Waals surface area contributed by atoms with Gasteiger partial charge in [-0.25, -0.2) is 0 Å². The summed E-state index contributed by atoms with van der Waals surface area (Å²) >= 11 is 0. The van der Waals surface area contributed by atoms with Gasteiger partial charge in [0.15, 0.2) is 0 Å². The molecule has 0 amide bonds. The van der Waals surface area contributed by atoms with Crippen LogP contribution in [0, 0.1) is 16.7 Å². The molecule has 0 spiro atoms. The van der Waals surface area contributed by atoms with Gasteiger partial charge in [-0.05, 0) is 16.7 Å². The molecule has 0 aliphatic carbocycles. The molecule has 2 unspecified atom stereocenters. The molecule has 0 saturated heterocycles. The van der Waals surface area contributed by atoms with Gasteiger partial charge < -0.3 is 5.11 Å². The van der Waals surface area contributed by atoms with Crippen LogP contribution < -0.4 is 0 Å². The second-order valence-corrected chi connectivity index (χ2v) is 5.97. The average Bonchev–Trinajstić information content (AvgIpc) is 1.80. The van der Waals surface area contributed by atoms with Crippen LogP contribution in [0.5, 0.6) is 0 Å². The van der Waals surface area contributed by atoms with Crippen molar-refractivity contribution < 1.29 is 5.11 Å². The molecule has 1 heteroatoms. The molecule has 0 bridgehead atoms. The first-order valence-corrected chi connectivity index (χ1v) is 4.75. The van der Waals surface area contributed by atoms with E-state index in [1.807, 2.05) is 0 Å². The minimum Gasteiger partial charge on any atom is -0.392 e. The van der Waals surface area contributed by atoms with E-state index in [0.29, 0.717) is 5.92 Å². The average molecular weight is 172 g/mol. The molecule has 0 aromatic rings. The van der Waals surface area contributed by atoms with Crippen molar-refractivity contribution >= 4 is 0 Å². The topological polar surface area (TPSA) is 20.2 Å². The van der Waals surface area contributed by atoms with E-state index < -0.39 is 0 Å². The lowest BCUT2D eigenvalue weighted by atomic mass is 9.71. The first-order valence-electron chi connectivity index (χ1n) is 4.75. The summed E-state index contributed by atoms with van der Waals surface area (Å²) in [5, 5.41) is 9.99. The highest BCUT2D eigenvalue weighted by Crippen LogP contribution is 2.35. The zero-order valence-electron chi connectivity index (χ0n) is 9.60. The van der Waals surface area contributed by atoms with Crippen LogP contribution in [0.2, 0.25) is 0 Å². The molecular formula is C11H24O. The molecule has 0 aromatic carbocycles. The zero-order valence-corrected chi connectivity index (χ0v) is 9.60. The highest BCUT2D eigenvalue weighted by atomic mass is 16.3. The second-order valence-electron chi connectivity index (χ2n) is 5.97. The molecule has 1 N–H and O–H groups in total. The maximum atomic E-state index is 9.99. The normalized spacial score (nSPS) is 19.0. The Labute approximate surface area is 77.2 Å². The molecule has 74 valence electrons. The smallest absolute Gasteiger partial charge is 0.0618 e. The van der Waals surface area contributed by atoms with Crippen LogP contribution in [0.3, 0.4) is 0 Å². The fourth-order valence-electron chi connectivity index (χ4n) is 1.22. The van der Waals surface area contributed by atoms with Crippen LogP contribution >= 0.6 is 0 Å². The minimum atomic E-state index is -0.225. The summed E-state index contributed by atoms with van der Waals surface area (Å²) in [6, 6.07) is 0. The predicted molar refractivity (Wildman–Crippen MR) is 54.1 cm³/mol. The van der Waals surface area contributed by atoms with Crippen LogP contribution in [0.1, 0.15) is 48.5 Å². The Hall–Kier alpha value is -0.0400. The zero-order chi connectivity index (χ0) is 10.2. The van der Waals surface area contributed by atoms with E-state index in [-0.39, 0.29) is 16.9 Å². The summed E-state index contributed by atoms with van der Waals surface area (Å²) in [7, 11) is 0. The van der Waals surface area contributed by atoms with E-state index >= 15 is 0 Å². The monoisotopic (exact) mass is 172 g/mol. The third kappa shape index (κ3) is 3.14. The van der Waals surface area contributed by atoms with Crippen LogP contribution in [0.15, 0.2) is 0 Å². The second kappa shape index (κ2) is 3.37. The first-order chi connectivity index (χ1) is 5.07. The van der Waals surface area contributed by atoms with E-state index in [1.54, 1.807) is 0 Å². The van der Waals surface area contributed by atoms with Crippen molar-refractivity contribution in [2.24, 2.45) is 16.7 Å². The van der Waals surface area contributed by atoms with Crippen LogP contribution in [0.25, 0.3) is 0 Å². The van der Waals surface area contributed by atoms with Gasteiger partial charge in [0.2, 0.25) is 0 Å². The van der Waals surface area contributed by atoms with Crippen LogP contribution in [-0.2, 0) is 0 Å². The fraction of sp³-hybridized carbons (Fsp3) is 1.00. The Balaban J connectivity index is 4.41. The Bertz CT molecular complexity index is 118. The maximum absolute atomic E-state index is 9.99. The lowest BCUT2D eigenvalue weighted by Crippen LogP contribution is -2.38. The van der Waals surface area contributed by atoms with E-state index in [0.717, 1.165) is 0 Å². The molecule has 0 rings (SSSR count). The third-order valence-corrected chi connectivity index (χ3v) is 2.73. The fourth-order valence-corrected chi connectivity index (χ4v) is 1.22. The summed E-state index contributed by atoms with van der Waals surface area (Å²) in [6.07, 6.45) is -0.225. The standard InChI is InChI=1S/C11H24O/c1-8(10(2,3)4)9(12)11(5,6)7/h8-9,12H,1-7H3. The van der Waals surface area contributed by atoms with Crippen LogP contribution in [-0.4, -0.2) is 11.2 Å². The highest BCUT2D eigenvalue weighted by Gasteiger charge is 2.34. The molecule has 0 aliphatic heterocycles. The highest BCUT2D eigenvalue weighted by molar-refractivity contribution is 4.83. The van der Waals surface area contributed by atoms with Gasteiger partial charge in [0.05, 0.1) is 6.10 Å². The Morgan fingerprint density at radius 3 is 1.25 bits per heavy atom. The predicted octanol–water partition coefficient (Wildman–Crippen LogP) is 3.08. The third-order valence-electron chi connectivity index (χ3n) is 2.73. The Morgan fingerprint density at radius 2 is 1.17 bits per heavy atom. The lowest BCUT2D eigenvalue weighted by Gasteiger charge is -2.38. The van der Waals surface area contributed by atoms with Gasteiger partial charge in [-0.15, -0.1) is 0 Å². The van der Waals surface area contributed by atoms with Crippen molar-refractivity contribution in [1.82, 2.24) is 0 Å². The molecule has 0 heterocycles. The summed E-state index contributed by atoms with van der Waals surface area (Å²) in [5.74, 6) is 0.331. The van der Waals surface area contributed by atoms with Gasteiger partial charge in [0.25, 0.3) is 0 Å². The lowest BCUT2D eigenvalue weighted by molar-refractivity contribution is -0.0222. The molecule has 0 aromatic heterocycles. The van der Waals surface area contributed by atoms with Gasteiger partial charge in [0, 0.05) is 0 Å². The van der Waals surface area contributed by atoms with Gasteiger partial charge >= 0.3 is 0 Å². The largest absolute Gasteiger partial charge is 0.392 e. The van der Waals surface area contributed by atoms with E-state index in [1.165, 1.54) is 0 Å².